The van der Waals surface area contributed by atoms with E-state index in [4.69, 9.17) is 4.98 Å². The first-order valence-electron chi connectivity index (χ1n) is 9.35. The molecule has 29 heavy (non-hydrogen) atoms. The van der Waals surface area contributed by atoms with E-state index in [9.17, 15) is 18.0 Å². The van der Waals surface area contributed by atoms with Gasteiger partial charge in [-0.05, 0) is 47.9 Å². The largest absolute Gasteiger partial charge is 0.416 e. The maximum absolute atomic E-state index is 12.9. The molecule has 2 heterocycles. The Bertz CT molecular complexity index is 1070. The zero-order valence-electron chi connectivity index (χ0n) is 15.6. The molecule has 0 radical (unpaired) electrons. The van der Waals surface area contributed by atoms with Gasteiger partial charge in [0, 0.05) is 30.1 Å². The average Bonchev–Trinajstić information content (AvgIpc) is 3.22. The number of amides is 1. The van der Waals surface area contributed by atoms with Gasteiger partial charge in [-0.25, -0.2) is 0 Å². The number of nitrogens with zero attached hydrogens (tertiary/aromatic N) is 2. The molecule has 0 spiro atoms. The zero-order valence-corrected chi connectivity index (χ0v) is 15.6. The van der Waals surface area contributed by atoms with Gasteiger partial charge >= 0.3 is 6.18 Å². The van der Waals surface area contributed by atoms with Gasteiger partial charge < -0.3 is 4.90 Å². The maximum Gasteiger partial charge on any atom is 0.416 e. The lowest BCUT2D eigenvalue weighted by atomic mass is 9.95. The number of hydrogen-bond donors (Lipinski definition) is 0. The minimum absolute atomic E-state index is 0.0803. The number of benzene rings is 2. The Balaban J connectivity index is 1.76. The molecule has 6 heteroatoms. The minimum atomic E-state index is -4.37. The summed E-state index contributed by atoms with van der Waals surface area (Å²) < 4.78 is 38.8. The fourth-order valence-electron chi connectivity index (χ4n) is 3.81. The van der Waals surface area contributed by atoms with Gasteiger partial charge in [-0.3, -0.25) is 9.78 Å². The normalized spacial score (nSPS) is 16.9. The summed E-state index contributed by atoms with van der Waals surface area (Å²) in [5.74, 6) is -0.0204. The Kier molecular flexibility index (Phi) is 4.86. The molecule has 3 aromatic rings. The third-order valence-corrected chi connectivity index (χ3v) is 5.35. The summed E-state index contributed by atoms with van der Waals surface area (Å²) in [7, 11) is 0. The van der Waals surface area contributed by atoms with E-state index in [1.165, 1.54) is 18.2 Å². The molecule has 0 aliphatic carbocycles. The van der Waals surface area contributed by atoms with Crippen molar-refractivity contribution < 1.29 is 18.0 Å². The molecule has 0 bridgehead atoms. The molecule has 0 saturated carbocycles. The minimum Gasteiger partial charge on any atom is -0.338 e. The Hall–Kier alpha value is -3.15. The molecule has 3 nitrogen and oxygen atoms in total. The molecular weight excluding hydrogens is 377 g/mol. The van der Waals surface area contributed by atoms with Crippen molar-refractivity contribution in [1.29, 1.82) is 0 Å². The third kappa shape index (κ3) is 3.75. The Morgan fingerprint density at radius 3 is 2.55 bits per heavy atom. The van der Waals surface area contributed by atoms with Crippen LogP contribution in [0, 0.1) is 0 Å². The summed E-state index contributed by atoms with van der Waals surface area (Å²) in [6.07, 6.45) is -2.27. The molecule has 2 aromatic carbocycles. The number of hydrogen-bond acceptors (Lipinski definition) is 2. The van der Waals surface area contributed by atoms with Crippen molar-refractivity contribution in [2.75, 3.05) is 13.1 Å². The lowest BCUT2D eigenvalue weighted by Gasteiger charge is -2.16. The molecule has 4 rings (SSSR count). The second-order valence-electron chi connectivity index (χ2n) is 7.16. The average molecular weight is 396 g/mol. The van der Waals surface area contributed by atoms with Crippen molar-refractivity contribution in [3.05, 3.63) is 78.5 Å². The highest BCUT2D eigenvalue weighted by Crippen LogP contribution is 2.36. The number of fused-ring (bicyclic) bond motifs is 1. The summed E-state index contributed by atoms with van der Waals surface area (Å²) in [4.78, 5) is 18.4. The van der Waals surface area contributed by atoms with E-state index in [2.05, 4.69) is 6.58 Å². The van der Waals surface area contributed by atoms with Gasteiger partial charge in [-0.2, -0.15) is 13.2 Å². The SMILES string of the molecule is C=CC(=O)N1CCC(c2cc(-c3ccc(C(F)(F)F)cc3)c3ccccc3n2)C1. The van der Waals surface area contributed by atoms with Crippen LogP contribution in [0.5, 0.6) is 0 Å². The number of carbonyl (C=O) groups is 1. The second kappa shape index (κ2) is 7.35. The summed E-state index contributed by atoms with van der Waals surface area (Å²) in [5.41, 5.74) is 2.50. The zero-order chi connectivity index (χ0) is 20.6. The lowest BCUT2D eigenvalue weighted by Crippen LogP contribution is -2.26. The van der Waals surface area contributed by atoms with Crippen LogP contribution in [0.15, 0.2) is 67.3 Å². The molecule has 1 fully saturated rings. The first-order valence-corrected chi connectivity index (χ1v) is 9.35. The molecule has 1 unspecified atom stereocenters. The van der Waals surface area contributed by atoms with Crippen LogP contribution in [0.2, 0.25) is 0 Å². The van der Waals surface area contributed by atoms with Crippen LogP contribution in [0.4, 0.5) is 13.2 Å². The monoisotopic (exact) mass is 396 g/mol. The molecule has 1 atom stereocenters. The number of likely N-dealkylation sites (tertiary alicyclic amines) is 1. The van der Waals surface area contributed by atoms with Crippen LogP contribution in [0.3, 0.4) is 0 Å². The Morgan fingerprint density at radius 2 is 1.86 bits per heavy atom. The van der Waals surface area contributed by atoms with Gasteiger partial charge in [0.25, 0.3) is 0 Å². The summed E-state index contributed by atoms with van der Waals surface area (Å²) in [5, 5.41) is 0.882. The number of rotatable bonds is 3. The summed E-state index contributed by atoms with van der Waals surface area (Å²) in [6, 6.07) is 14.7. The van der Waals surface area contributed by atoms with Crippen molar-refractivity contribution in [2.45, 2.75) is 18.5 Å². The van der Waals surface area contributed by atoms with Crippen LogP contribution in [-0.4, -0.2) is 28.9 Å². The fourth-order valence-corrected chi connectivity index (χ4v) is 3.81. The smallest absolute Gasteiger partial charge is 0.338 e. The van der Waals surface area contributed by atoms with Gasteiger partial charge in [0.2, 0.25) is 5.91 Å². The van der Waals surface area contributed by atoms with E-state index in [-0.39, 0.29) is 11.8 Å². The predicted octanol–water partition coefficient (Wildman–Crippen LogP) is 5.42. The molecular formula is C23H19F3N2O. The van der Waals surface area contributed by atoms with E-state index in [0.717, 1.165) is 40.7 Å². The highest BCUT2D eigenvalue weighted by Gasteiger charge is 2.30. The van der Waals surface area contributed by atoms with Gasteiger partial charge in [-0.15, -0.1) is 0 Å². The summed E-state index contributed by atoms with van der Waals surface area (Å²) >= 11 is 0. The predicted molar refractivity (Wildman–Crippen MR) is 106 cm³/mol. The first kappa shape index (κ1) is 19.2. The molecule has 1 saturated heterocycles. The van der Waals surface area contributed by atoms with Crippen molar-refractivity contribution in [1.82, 2.24) is 9.88 Å². The summed E-state index contributed by atoms with van der Waals surface area (Å²) in [6.45, 7) is 4.73. The number of halogens is 3. The van der Waals surface area contributed by atoms with Crippen LogP contribution in [-0.2, 0) is 11.0 Å². The van der Waals surface area contributed by atoms with Crippen molar-refractivity contribution in [2.24, 2.45) is 0 Å². The first-order chi connectivity index (χ1) is 13.9. The molecule has 1 amide bonds. The number of para-hydroxylation sites is 1. The van der Waals surface area contributed by atoms with Crippen LogP contribution >= 0.6 is 0 Å². The van der Waals surface area contributed by atoms with E-state index in [1.54, 1.807) is 4.90 Å². The number of pyridine rings is 1. The van der Waals surface area contributed by atoms with Crippen molar-refractivity contribution in [3.63, 3.8) is 0 Å². The fraction of sp³-hybridized carbons (Fsp3) is 0.217. The van der Waals surface area contributed by atoms with Gasteiger partial charge in [0.1, 0.15) is 0 Å². The standard InChI is InChI=1S/C23H19F3N2O/c1-2-22(29)28-12-11-16(14-28)21-13-19(18-5-3-4-6-20(18)27-21)15-7-9-17(10-8-15)23(24,25)26/h2-10,13,16H,1,11-12,14H2. The van der Waals surface area contributed by atoms with Crippen LogP contribution in [0.25, 0.3) is 22.0 Å². The van der Waals surface area contributed by atoms with Crippen LogP contribution in [0.1, 0.15) is 23.6 Å². The molecule has 1 aliphatic rings. The van der Waals surface area contributed by atoms with E-state index >= 15 is 0 Å². The molecule has 1 aliphatic heterocycles. The van der Waals surface area contributed by atoms with Gasteiger partial charge in [0.05, 0.1) is 11.1 Å². The van der Waals surface area contributed by atoms with E-state index < -0.39 is 11.7 Å². The van der Waals surface area contributed by atoms with E-state index in [1.807, 2.05) is 30.3 Å². The topological polar surface area (TPSA) is 33.2 Å². The van der Waals surface area contributed by atoms with Crippen LogP contribution < -0.4 is 0 Å². The number of carbonyl (C=O) groups excluding carboxylic acids is 1. The van der Waals surface area contributed by atoms with Gasteiger partial charge in [0.15, 0.2) is 0 Å². The lowest BCUT2D eigenvalue weighted by molar-refractivity contribution is -0.137. The van der Waals surface area contributed by atoms with Gasteiger partial charge in [-0.1, -0.05) is 36.9 Å². The maximum atomic E-state index is 12.9. The number of aromatic nitrogens is 1. The second-order valence-corrected chi connectivity index (χ2v) is 7.16. The van der Waals surface area contributed by atoms with Crippen molar-refractivity contribution >= 4 is 16.8 Å². The highest BCUT2D eigenvalue weighted by atomic mass is 19.4. The van der Waals surface area contributed by atoms with E-state index in [0.29, 0.717) is 18.7 Å². The Labute approximate surface area is 166 Å². The quantitative estimate of drug-likeness (QED) is 0.554. The van der Waals surface area contributed by atoms with Crippen molar-refractivity contribution in [3.8, 4) is 11.1 Å². The molecule has 148 valence electrons. The third-order valence-electron chi connectivity index (χ3n) is 5.35. The molecule has 1 aromatic heterocycles. The highest BCUT2D eigenvalue weighted by molar-refractivity contribution is 5.94. The Morgan fingerprint density at radius 1 is 1.14 bits per heavy atom. The molecule has 0 N–H and O–H groups in total. The number of alkyl halides is 3.